The van der Waals surface area contributed by atoms with Crippen LogP contribution in [0.25, 0.3) is 0 Å². The number of hydrogen-bond acceptors (Lipinski definition) is 3. The van der Waals surface area contributed by atoms with Crippen LogP contribution in [0.2, 0.25) is 5.02 Å². The van der Waals surface area contributed by atoms with Crippen LogP contribution in [0.3, 0.4) is 0 Å². The second-order valence-electron chi connectivity index (χ2n) is 8.88. The van der Waals surface area contributed by atoms with Crippen LogP contribution in [-0.4, -0.2) is 22.7 Å². The molecule has 0 aliphatic heterocycles. The van der Waals surface area contributed by atoms with Gasteiger partial charge >= 0.3 is 6.18 Å². The van der Waals surface area contributed by atoms with E-state index in [0.29, 0.717) is 23.2 Å². The number of aromatic nitrogens is 1. The van der Waals surface area contributed by atoms with Crippen molar-refractivity contribution in [2.75, 3.05) is 6.54 Å². The Morgan fingerprint density at radius 3 is 2.05 bits per heavy atom. The molecule has 8 heteroatoms. The summed E-state index contributed by atoms with van der Waals surface area (Å²) in [5, 5.41) is 14.5. The van der Waals surface area contributed by atoms with E-state index >= 15 is 0 Å². The van der Waals surface area contributed by atoms with Gasteiger partial charge in [0.2, 0.25) is 0 Å². The average molecular weight is 529 g/mol. The molecule has 3 aromatic carbocycles. The maximum atomic E-state index is 14.7. The van der Waals surface area contributed by atoms with E-state index in [0.717, 1.165) is 23.3 Å². The highest BCUT2D eigenvalue weighted by Gasteiger charge is 2.39. The highest BCUT2D eigenvalue weighted by molar-refractivity contribution is 6.30. The zero-order chi connectivity index (χ0) is 26.5. The van der Waals surface area contributed by atoms with Crippen LogP contribution in [0.1, 0.15) is 27.9 Å². The number of hydrogen-bond donors (Lipinski definition) is 2. The molecular weight excluding hydrogens is 504 g/mol. The maximum absolute atomic E-state index is 14.7. The molecule has 192 valence electrons. The minimum absolute atomic E-state index is 0.00387. The molecule has 37 heavy (non-hydrogen) atoms. The molecule has 0 amide bonds. The van der Waals surface area contributed by atoms with Gasteiger partial charge in [0, 0.05) is 19.2 Å². The third-order valence-electron chi connectivity index (χ3n) is 6.15. The SMILES string of the molecule is OC(CN[C@@](Cc1ccccc1)(c1cc(F)cc(C(F)(F)F)c1)c1ccc(Cl)cn1)Cc1ccccc1. The summed E-state index contributed by atoms with van der Waals surface area (Å²) < 4.78 is 55.8. The summed E-state index contributed by atoms with van der Waals surface area (Å²) in [5.74, 6) is -1.03. The summed E-state index contributed by atoms with van der Waals surface area (Å²) in [4.78, 5) is 4.43. The lowest BCUT2D eigenvalue weighted by Crippen LogP contribution is -2.49. The first kappa shape index (κ1) is 26.8. The number of nitrogens with zero attached hydrogens (tertiary/aromatic N) is 1. The Morgan fingerprint density at radius 2 is 1.46 bits per heavy atom. The molecule has 0 aliphatic carbocycles. The molecule has 1 aromatic heterocycles. The fourth-order valence-corrected chi connectivity index (χ4v) is 4.49. The minimum atomic E-state index is -4.75. The van der Waals surface area contributed by atoms with Gasteiger partial charge in [-0.3, -0.25) is 10.3 Å². The van der Waals surface area contributed by atoms with Crippen LogP contribution in [0, 0.1) is 5.82 Å². The van der Waals surface area contributed by atoms with Gasteiger partial charge < -0.3 is 5.11 Å². The second kappa shape index (κ2) is 11.4. The number of pyridine rings is 1. The standard InChI is InChI=1S/C29H25ClF4N2O/c30-24-11-12-27(35-18-24)28(17-21-9-5-2-6-10-21,22-14-23(29(32,33)34)16-25(31)15-22)36-19-26(37)13-20-7-3-1-4-8-20/h1-12,14-16,18,26,36-37H,13,17,19H2/t26?,28-/m0/s1. The van der Waals surface area contributed by atoms with Crippen molar-refractivity contribution in [2.45, 2.75) is 30.7 Å². The number of halogens is 5. The Kier molecular flexibility index (Phi) is 8.27. The molecule has 0 fully saturated rings. The molecule has 1 unspecified atom stereocenters. The van der Waals surface area contributed by atoms with Gasteiger partial charge in [0.25, 0.3) is 0 Å². The zero-order valence-corrected chi connectivity index (χ0v) is 20.5. The van der Waals surface area contributed by atoms with Crippen molar-refractivity contribution >= 4 is 11.6 Å². The Bertz CT molecular complexity index is 1300. The van der Waals surface area contributed by atoms with Gasteiger partial charge in [-0.2, -0.15) is 13.2 Å². The lowest BCUT2D eigenvalue weighted by Gasteiger charge is -2.37. The van der Waals surface area contributed by atoms with Crippen LogP contribution in [0.5, 0.6) is 0 Å². The Morgan fingerprint density at radius 1 is 0.838 bits per heavy atom. The minimum Gasteiger partial charge on any atom is -0.391 e. The summed E-state index contributed by atoms with van der Waals surface area (Å²) >= 11 is 6.06. The smallest absolute Gasteiger partial charge is 0.391 e. The lowest BCUT2D eigenvalue weighted by atomic mass is 9.79. The van der Waals surface area contributed by atoms with E-state index in [2.05, 4.69) is 10.3 Å². The van der Waals surface area contributed by atoms with Crippen LogP contribution in [-0.2, 0) is 24.6 Å². The van der Waals surface area contributed by atoms with Gasteiger partial charge in [0.05, 0.1) is 27.9 Å². The summed E-state index contributed by atoms with van der Waals surface area (Å²) in [6.45, 7) is 0.00387. The summed E-state index contributed by atoms with van der Waals surface area (Å²) in [6, 6.07) is 24.1. The predicted octanol–water partition coefficient (Wildman–Crippen LogP) is 6.57. The van der Waals surface area contributed by atoms with Crippen molar-refractivity contribution in [3.8, 4) is 0 Å². The third-order valence-corrected chi connectivity index (χ3v) is 6.37. The molecule has 0 radical (unpaired) electrons. The highest BCUT2D eigenvalue weighted by Crippen LogP contribution is 2.38. The summed E-state index contributed by atoms with van der Waals surface area (Å²) in [7, 11) is 0. The fourth-order valence-electron chi connectivity index (χ4n) is 4.38. The lowest BCUT2D eigenvalue weighted by molar-refractivity contribution is -0.137. The zero-order valence-electron chi connectivity index (χ0n) is 19.7. The number of rotatable bonds is 9. The van der Waals surface area contributed by atoms with Crippen molar-refractivity contribution in [3.63, 3.8) is 0 Å². The molecule has 0 saturated carbocycles. The average Bonchev–Trinajstić information content (AvgIpc) is 2.87. The van der Waals surface area contributed by atoms with Crippen molar-refractivity contribution in [1.82, 2.24) is 10.3 Å². The normalized spacial score (nSPS) is 14.2. The Labute approximate surface area is 217 Å². The van der Waals surface area contributed by atoms with Gasteiger partial charge in [-0.05, 0) is 53.4 Å². The quantitative estimate of drug-likeness (QED) is 0.241. The van der Waals surface area contributed by atoms with Crippen molar-refractivity contribution in [2.24, 2.45) is 0 Å². The van der Waals surface area contributed by atoms with Crippen LogP contribution < -0.4 is 5.32 Å². The number of aliphatic hydroxyl groups is 1. The van der Waals surface area contributed by atoms with Crippen molar-refractivity contribution in [3.05, 3.63) is 136 Å². The molecule has 2 atom stereocenters. The molecule has 0 bridgehead atoms. The number of nitrogens with one attached hydrogen (secondary N) is 1. The van der Waals surface area contributed by atoms with Crippen molar-refractivity contribution < 1.29 is 22.7 Å². The van der Waals surface area contributed by atoms with E-state index < -0.39 is 29.2 Å². The van der Waals surface area contributed by atoms with E-state index in [-0.39, 0.29) is 18.5 Å². The van der Waals surface area contributed by atoms with E-state index in [1.54, 1.807) is 12.1 Å². The Hall–Kier alpha value is -3.26. The molecule has 2 N–H and O–H groups in total. The fraction of sp³-hybridized carbons (Fsp3) is 0.207. The topological polar surface area (TPSA) is 45.1 Å². The molecule has 0 saturated heterocycles. The van der Waals surface area contributed by atoms with E-state index in [1.807, 2.05) is 60.7 Å². The maximum Gasteiger partial charge on any atom is 0.416 e. The highest BCUT2D eigenvalue weighted by atomic mass is 35.5. The summed E-state index contributed by atoms with van der Waals surface area (Å²) in [5.41, 5.74) is -0.467. The molecule has 0 spiro atoms. The molecule has 1 heterocycles. The van der Waals surface area contributed by atoms with Gasteiger partial charge in [-0.1, -0.05) is 72.3 Å². The largest absolute Gasteiger partial charge is 0.416 e. The van der Waals surface area contributed by atoms with Gasteiger partial charge in [0.1, 0.15) is 5.82 Å². The molecule has 4 rings (SSSR count). The summed E-state index contributed by atoms with van der Waals surface area (Å²) in [6.07, 6.45) is -3.78. The van der Waals surface area contributed by atoms with E-state index in [1.165, 1.54) is 6.20 Å². The predicted molar refractivity (Wildman–Crippen MR) is 136 cm³/mol. The van der Waals surface area contributed by atoms with Gasteiger partial charge in [-0.25, -0.2) is 4.39 Å². The number of alkyl halides is 3. The van der Waals surface area contributed by atoms with Crippen LogP contribution in [0.4, 0.5) is 17.6 Å². The van der Waals surface area contributed by atoms with E-state index in [4.69, 9.17) is 11.6 Å². The first-order valence-electron chi connectivity index (χ1n) is 11.7. The third kappa shape index (κ3) is 6.74. The van der Waals surface area contributed by atoms with E-state index in [9.17, 15) is 22.7 Å². The molecule has 3 nitrogen and oxygen atoms in total. The van der Waals surface area contributed by atoms with Gasteiger partial charge in [0.15, 0.2) is 0 Å². The first-order chi connectivity index (χ1) is 17.7. The van der Waals surface area contributed by atoms with Crippen molar-refractivity contribution in [1.29, 1.82) is 0 Å². The molecule has 4 aromatic rings. The molecular formula is C29H25ClF4N2O. The number of aliphatic hydroxyl groups excluding tert-OH is 1. The van der Waals surface area contributed by atoms with Gasteiger partial charge in [-0.15, -0.1) is 0 Å². The first-order valence-corrected chi connectivity index (χ1v) is 12.0. The number of benzene rings is 3. The van der Waals surface area contributed by atoms with Crippen LogP contribution >= 0.6 is 11.6 Å². The second-order valence-corrected chi connectivity index (χ2v) is 9.32. The monoisotopic (exact) mass is 528 g/mol. The molecule has 0 aliphatic rings. The Balaban J connectivity index is 1.83. The van der Waals surface area contributed by atoms with Crippen LogP contribution in [0.15, 0.2) is 97.2 Å².